The number of aliphatic hydroxyl groups excluding tert-OH is 3. The summed E-state index contributed by atoms with van der Waals surface area (Å²) in [6, 6.07) is 5.82. The largest absolute Gasteiger partial charge is 0.388 e. The fourth-order valence-electron chi connectivity index (χ4n) is 3.86. The molecule has 1 aliphatic heterocycles. The van der Waals surface area contributed by atoms with Gasteiger partial charge < -0.3 is 29.4 Å². The van der Waals surface area contributed by atoms with Gasteiger partial charge in [0.05, 0.1) is 29.5 Å². The van der Waals surface area contributed by atoms with E-state index in [4.69, 9.17) is 21.1 Å². The van der Waals surface area contributed by atoms with Crippen molar-refractivity contribution in [1.29, 1.82) is 0 Å². The Morgan fingerprint density at radius 2 is 2.06 bits per heavy atom. The third-order valence-corrected chi connectivity index (χ3v) is 5.84. The van der Waals surface area contributed by atoms with Gasteiger partial charge in [0.2, 0.25) is 0 Å². The van der Waals surface area contributed by atoms with Gasteiger partial charge in [-0.05, 0) is 23.8 Å². The van der Waals surface area contributed by atoms with Crippen LogP contribution in [-0.4, -0.2) is 61.9 Å². The minimum atomic E-state index is -1.25. The average Bonchev–Trinajstić information content (AvgIpc) is 3.31. The number of rotatable bonds is 7. The number of aliphatic hydroxyl groups is 3. The molecule has 0 amide bonds. The van der Waals surface area contributed by atoms with Crippen LogP contribution in [0.5, 0.6) is 0 Å². The number of methoxy groups -OCH3 is 1. The van der Waals surface area contributed by atoms with E-state index >= 15 is 0 Å². The van der Waals surface area contributed by atoms with E-state index in [0.717, 1.165) is 17.1 Å². The summed E-state index contributed by atoms with van der Waals surface area (Å²) in [5.41, 5.74) is 1.66. The lowest BCUT2D eigenvalue weighted by Gasteiger charge is -2.19. The number of aromatic nitrogens is 3. The van der Waals surface area contributed by atoms with Crippen molar-refractivity contribution in [1.82, 2.24) is 14.5 Å². The summed E-state index contributed by atoms with van der Waals surface area (Å²) in [6.45, 7) is 0.504. The lowest BCUT2D eigenvalue weighted by molar-refractivity contribution is -0.0490. The van der Waals surface area contributed by atoms with Crippen LogP contribution >= 0.6 is 11.6 Å². The number of benzene rings is 1. The molecule has 4 rings (SSSR count). The van der Waals surface area contributed by atoms with Crippen molar-refractivity contribution in [2.24, 2.45) is 0 Å². The monoisotopic (exact) mass is 451 g/mol. The highest BCUT2D eigenvalue weighted by Crippen LogP contribution is 2.36. The Balaban J connectivity index is 1.54. The molecule has 1 fully saturated rings. The minimum Gasteiger partial charge on any atom is -0.388 e. The fraction of sp³-hybridized carbons (Fsp3) is 0.429. The Bertz CT molecular complexity index is 1060. The van der Waals surface area contributed by atoms with Gasteiger partial charge in [0.1, 0.15) is 30.0 Å². The summed E-state index contributed by atoms with van der Waals surface area (Å²) in [7, 11) is 1.61. The molecule has 166 valence electrons. The first kappa shape index (κ1) is 22.1. The van der Waals surface area contributed by atoms with E-state index in [0.29, 0.717) is 24.2 Å². The molecular weight excluding hydrogens is 429 g/mol. The van der Waals surface area contributed by atoms with Gasteiger partial charge in [0, 0.05) is 31.5 Å². The van der Waals surface area contributed by atoms with Crippen LogP contribution in [0.3, 0.4) is 0 Å². The van der Waals surface area contributed by atoms with Crippen molar-refractivity contribution in [2.45, 2.75) is 43.5 Å². The van der Waals surface area contributed by atoms with E-state index in [9.17, 15) is 19.7 Å². The number of nitrogens with zero attached hydrogens (tertiary/aromatic N) is 3. The highest BCUT2D eigenvalue weighted by molar-refractivity contribution is 6.30. The fourth-order valence-corrected chi connectivity index (χ4v) is 3.97. The summed E-state index contributed by atoms with van der Waals surface area (Å²) in [6.07, 6.45) is -1.68. The Morgan fingerprint density at radius 1 is 1.26 bits per heavy atom. The first-order chi connectivity index (χ1) is 14.9. The van der Waals surface area contributed by atoms with Crippen LogP contribution < -0.4 is 0 Å². The summed E-state index contributed by atoms with van der Waals surface area (Å²) in [5.74, 6) is -0.646. The van der Waals surface area contributed by atoms with Crippen molar-refractivity contribution in [3.8, 4) is 0 Å². The van der Waals surface area contributed by atoms with Crippen LogP contribution in [0, 0.1) is 5.82 Å². The molecule has 0 unspecified atom stereocenters. The summed E-state index contributed by atoms with van der Waals surface area (Å²) < 4.78 is 26.4. The quantitative estimate of drug-likeness (QED) is 0.505. The molecule has 5 atom stereocenters. The molecule has 0 radical (unpaired) electrons. The van der Waals surface area contributed by atoms with E-state index < -0.39 is 36.5 Å². The molecule has 1 aromatic carbocycles. The highest BCUT2D eigenvalue weighted by Gasteiger charge is 2.44. The van der Waals surface area contributed by atoms with Crippen molar-refractivity contribution in [2.75, 3.05) is 13.7 Å². The molecule has 0 bridgehead atoms. The maximum atomic E-state index is 13.7. The second-order valence-corrected chi connectivity index (χ2v) is 7.90. The van der Waals surface area contributed by atoms with E-state index in [-0.39, 0.29) is 11.4 Å². The van der Waals surface area contributed by atoms with Crippen LogP contribution in [0.1, 0.15) is 30.0 Å². The third kappa shape index (κ3) is 4.30. The predicted octanol–water partition coefficient (Wildman–Crippen LogP) is 2.16. The highest BCUT2D eigenvalue weighted by atomic mass is 35.5. The molecule has 0 saturated carbocycles. The normalized spacial score (nSPS) is 24.7. The molecular formula is C21H23ClFN3O5. The van der Waals surface area contributed by atoms with Gasteiger partial charge in [-0.2, -0.15) is 0 Å². The topological polar surface area (TPSA) is 110 Å². The van der Waals surface area contributed by atoms with Crippen LogP contribution in [-0.2, 0) is 15.9 Å². The SMILES string of the molecule is COCCc1ncnc2c1ccn2[C@@H]1O[C@@H](C[C@@H](O)c2ccc(Cl)c(F)c2)[C@@H](O)[C@H]1O. The average molecular weight is 452 g/mol. The summed E-state index contributed by atoms with van der Waals surface area (Å²) in [4.78, 5) is 8.59. The molecule has 3 N–H and O–H groups in total. The Kier molecular flexibility index (Phi) is 6.52. The van der Waals surface area contributed by atoms with E-state index in [1.54, 1.807) is 17.9 Å². The van der Waals surface area contributed by atoms with Gasteiger partial charge in [-0.15, -0.1) is 0 Å². The molecule has 8 nitrogen and oxygen atoms in total. The maximum Gasteiger partial charge on any atom is 0.164 e. The van der Waals surface area contributed by atoms with E-state index in [1.807, 2.05) is 6.07 Å². The number of halogens is 2. The lowest BCUT2D eigenvalue weighted by atomic mass is 9.99. The number of hydrogen-bond acceptors (Lipinski definition) is 7. The van der Waals surface area contributed by atoms with Crippen molar-refractivity contribution in [3.05, 3.63) is 58.9 Å². The van der Waals surface area contributed by atoms with Crippen LogP contribution in [0.4, 0.5) is 4.39 Å². The lowest BCUT2D eigenvalue weighted by Crippen LogP contribution is -2.32. The predicted molar refractivity (Wildman–Crippen MR) is 110 cm³/mol. The molecule has 3 aromatic rings. The van der Waals surface area contributed by atoms with Crippen molar-refractivity contribution >= 4 is 22.6 Å². The smallest absolute Gasteiger partial charge is 0.164 e. The van der Waals surface area contributed by atoms with Gasteiger partial charge in [-0.1, -0.05) is 17.7 Å². The maximum absolute atomic E-state index is 13.7. The molecule has 31 heavy (non-hydrogen) atoms. The molecule has 0 spiro atoms. The Hall–Kier alpha value is -2.14. The zero-order valence-corrected chi connectivity index (χ0v) is 17.5. The minimum absolute atomic E-state index is 0.0386. The standard InChI is InChI=1S/C21H23ClFN3O5/c1-30-7-5-15-12-4-6-26(20(12)25-10-24-15)21-19(29)18(28)17(31-21)9-16(27)11-2-3-13(22)14(23)8-11/h2-4,6,8,10,16-19,21,27-29H,5,7,9H2,1H3/t16-,17+,18-,19-,21-/m1/s1. The zero-order valence-electron chi connectivity index (χ0n) is 16.7. The summed E-state index contributed by atoms with van der Waals surface area (Å²) in [5, 5.41) is 32.4. The van der Waals surface area contributed by atoms with Crippen LogP contribution in [0.15, 0.2) is 36.8 Å². The Morgan fingerprint density at radius 3 is 2.81 bits per heavy atom. The molecule has 1 saturated heterocycles. The van der Waals surface area contributed by atoms with Crippen molar-refractivity contribution in [3.63, 3.8) is 0 Å². The van der Waals surface area contributed by atoms with Gasteiger partial charge in [0.25, 0.3) is 0 Å². The van der Waals surface area contributed by atoms with Gasteiger partial charge >= 0.3 is 0 Å². The molecule has 3 heterocycles. The number of fused-ring (bicyclic) bond motifs is 1. The van der Waals surface area contributed by atoms with Gasteiger partial charge in [0.15, 0.2) is 6.23 Å². The second kappa shape index (κ2) is 9.15. The molecule has 1 aliphatic rings. The second-order valence-electron chi connectivity index (χ2n) is 7.49. The van der Waals surface area contributed by atoms with Gasteiger partial charge in [-0.3, -0.25) is 0 Å². The van der Waals surface area contributed by atoms with E-state index in [1.165, 1.54) is 18.5 Å². The van der Waals surface area contributed by atoms with Crippen molar-refractivity contribution < 1.29 is 29.2 Å². The third-order valence-electron chi connectivity index (χ3n) is 5.53. The van der Waals surface area contributed by atoms with E-state index in [2.05, 4.69) is 9.97 Å². The first-order valence-electron chi connectivity index (χ1n) is 9.84. The van der Waals surface area contributed by atoms with Gasteiger partial charge in [-0.25, -0.2) is 14.4 Å². The number of hydrogen-bond donors (Lipinski definition) is 3. The van der Waals surface area contributed by atoms with Crippen LogP contribution in [0.2, 0.25) is 5.02 Å². The zero-order chi connectivity index (χ0) is 22.1. The molecule has 10 heteroatoms. The summed E-state index contributed by atoms with van der Waals surface area (Å²) >= 11 is 5.69. The number of ether oxygens (including phenoxy) is 2. The Labute approximate surface area is 182 Å². The van der Waals surface area contributed by atoms with Crippen LogP contribution in [0.25, 0.3) is 11.0 Å². The molecule has 0 aliphatic carbocycles. The molecule has 2 aromatic heterocycles. The first-order valence-corrected chi connectivity index (χ1v) is 10.2.